The zero-order valence-electron chi connectivity index (χ0n) is 13.5. The van der Waals surface area contributed by atoms with Gasteiger partial charge in [0.1, 0.15) is 0 Å². The van der Waals surface area contributed by atoms with E-state index in [9.17, 15) is 14.4 Å². The predicted molar refractivity (Wildman–Crippen MR) is 92.9 cm³/mol. The Kier molecular flexibility index (Phi) is 2.95. The van der Waals surface area contributed by atoms with Crippen LogP contribution in [-0.2, 0) is 9.59 Å². The van der Waals surface area contributed by atoms with Gasteiger partial charge in [-0.25, -0.2) is 0 Å². The highest BCUT2D eigenvalue weighted by Crippen LogP contribution is 2.83. The highest BCUT2D eigenvalue weighted by Gasteiger charge is 2.90. The minimum Gasteiger partial charge on any atom is -0.272 e. The predicted octanol–water partition coefficient (Wildman–Crippen LogP) is 2.83. The summed E-state index contributed by atoms with van der Waals surface area (Å²) in [6, 6.07) is 6.82. The molecule has 1 N–H and O–H groups in total. The summed E-state index contributed by atoms with van der Waals surface area (Å²) in [5, 5.41) is 0.991. The van der Waals surface area contributed by atoms with Crippen LogP contribution in [0.2, 0.25) is 0 Å². The molecular formula is C19H17BrN2O3. The van der Waals surface area contributed by atoms with E-state index >= 15 is 0 Å². The van der Waals surface area contributed by atoms with Crippen molar-refractivity contribution in [2.45, 2.75) is 25.7 Å². The van der Waals surface area contributed by atoms with Crippen LogP contribution in [0.4, 0.5) is 0 Å². The van der Waals surface area contributed by atoms with E-state index in [1.165, 1.54) is 0 Å². The maximum Gasteiger partial charge on any atom is 0.270 e. The summed E-state index contributed by atoms with van der Waals surface area (Å²) < 4.78 is 0.862. The molecule has 0 radical (unpaired) electrons. The fourth-order valence-corrected chi connectivity index (χ4v) is 5.98. The van der Waals surface area contributed by atoms with Gasteiger partial charge in [0, 0.05) is 15.5 Å². The highest BCUT2D eigenvalue weighted by atomic mass is 79.9. The molecule has 1 saturated heterocycles. The number of hydrogen-bond acceptors (Lipinski definition) is 3. The number of nitrogens with one attached hydrogen (secondary N) is 1. The molecule has 2 saturated carbocycles. The van der Waals surface area contributed by atoms with Crippen LogP contribution in [0.3, 0.4) is 0 Å². The fourth-order valence-electron chi connectivity index (χ4n) is 5.71. The Bertz CT molecular complexity index is 849. The molecule has 0 aromatic heterocycles. The first kappa shape index (κ1) is 15.3. The Hall–Kier alpha value is -1.95. The van der Waals surface area contributed by atoms with Gasteiger partial charge >= 0.3 is 0 Å². The fraction of sp³-hybridized carbons (Fsp3) is 0.421. The number of piperidine rings is 1. The third-order valence-corrected chi connectivity index (χ3v) is 7.19. The molecule has 6 heteroatoms. The van der Waals surface area contributed by atoms with Crippen molar-refractivity contribution in [2.24, 2.45) is 22.7 Å². The molecule has 5 rings (SSSR count). The van der Waals surface area contributed by atoms with Crippen LogP contribution in [-0.4, -0.2) is 22.7 Å². The van der Waals surface area contributed by atoms with E-state index in [0.717, 1.165) is 35.2 Å². The summed E-state index contributed by atoms with van der Waals surface area (Å²) in [5.74, 6) is -1.00. The molecule has 5 nitrogen and oxygen atoms in total. The summed E-state index contributed by atoms with van der Waals surface area (Å²) in [6.07, 6.45) is 8.01. The normalized spacial score (nSPS) is 37.6. The monoisotopic (exact) mass is 400 g/mol. The summed E-state index contributed by atoms with van der Waals surface area (Å²) >= 11 is 3.32. The van der Waals surface area contributed by atoms with Gasteiger partial charge in [0.05, 0.1) is 11.3 Å². The van der Waals surface area contributed by atoms with E-state index in [1.807, 2.05) is 0 Å². The van der Waals surface area contributed by atoms with Crippen LogP contribution in [0.25, 0.3) is 0 Å². The molecule has 1 aromatic rings. The molecule has 1 spiro atoms. The molecule has 3 amide bonds. The molecule has 2 bridgehead atoms. The molecule has 128 valence electrons. The number of carbonyl (C=O) groups is 3. The number of allylic oxidation sites excluding steroid dienone is 2. The summed E-state index contributed by atoms with van der Waals surface area (Å²) in [7, 11) is 0. The van der Waals surface area contributed by atoms with Crippen LogP contribution in [0.15, 0.2) is 40.9 Å². The minimum atomic E-state index is -0.593. The second-order valence-corrected chi connectivity index (χ2v) is 8.43. The van der Waals surface area contributed by atoms with Crippen LogP contribution in [0.5, 0.6) is 0 Å². The number of amides is 3. The van der Waals surface area contributed by atoms with Gasteiger partial charge in [-0.15, -0.1) is 0 Å². The van der Waals surface area contributed by atoms with Crippen molar-refractivity contribution in [3.8, 4) is 0 Å². The van der Waals surface area contributed by atoms with Crippen molar-refractivity contribution in [3.63, 3.8) is 0 Å². The third-order valence-electron chi connectivity index (χ3n) is 6.67. The minimum absolute atomic E-state index is 0.131. The number of halogens is 1. The van der Waals surface area contributed by atoms with Gasteiger partial charge in [0.25, 0.3) is 17.7 Å². The van der Waals surface area contributed by atoms with Crippen LogP contribution in [0.1, 0.15) is 36.0 Å². The first-order valence-electron chi connectivity index (χ1n) is 8.64. The first-order valence-corrected chi connectivity index (χ1v) is 9.43. The second-order valence-electron chi connectivity index (χ2n) is 7.52. The zero-order valence-corrected chi connectivity index (χ0v) is 15.1. The lowest BCUT2D eigenvalue weighted by atomic mass is 9.67. The summed E-state index contributed by atoms with van der Waals surface area (Å²) in [5.41, 5.74) is 2.19. The van der Waals surface area contributed by atoms with Gasteiger partial charge in [-0.05, 0) is 49.4 Å². The van der Waals surface area contributed by atoms with Gasteiger partial charge in [-0.2, -0.15) is 5.01 Å². The second kappa shape index (κ2) is 4.81. The van der Waals surface area contributed by atoms with Gasteiger partial charge in [0.2, 0.25) is 0 Å². The molecule has 4 atom stereocenters. The van der Waals surface area contributed by atoms with E-state index in [-0.39, 0.29) is 29.1 Å². The Labute approximate surface area is 153 Å². The van der Waals surface area contributed by atoms with Gasteiger partial charge in [-0.1, -0.05) is 34.5 Å². The average Bonchev–Trinajstić information content (AvgIpc) is 3.19. The standard InChI is InChI=1S/C19H17BrN2O3/c20-13-7-5-11(6-8-13)15(23)21-22-16(24)14-18-9-1-3-12(4-2-10-18)19(14,18)17(22)25/h1,3,5-8,12,14H,2,4,9-10H2,(H,21,23)/t12?,14-,18?,19-/m0/s1. The molecule has 1 heterocycles. The number of carbonyl (C=O) groups excluding carboxylic acids is 3. The Balaban J connectivity index is 1.44. The van der Waals surface area contributed by atoms with Crippen molar-refractivity contribution in [1.29, 1.82) is 0 Å². The van der Waals surface area contributed by atoms with Crippen molar-refractivity contribution >= 4 is 33.7 Å². The van der Waals surface area contributed by atoms with Crippen molar-refractivity contribution in [2.75, 3.05) is 0 Å². The lowest BCUT2D eigenvalue weighted by Crippen LogP contribution is -2.53. The maximum atomic E-state index is 13.2. The largest absolute Gasteiger partial charge is 0.272 e. The molecule has 2 unspecified atom stereocenters. The molecule has 3 aliphatic carbocycles. The van der Waals surface area contributed by atoms with Crippen LogP contribution >= 0.6 is 15.9 Å². The number of nitrogens with zero attached hydrogens (tertiary/aromatic N) is 1. The molecule has 4 aliphatic rings. The van der Waals surface area contributed by atoms with E-state index in [1.54, 1.807) is 24.3 Å². The lowest BCUT2D eigenvalue weighted by molar-refractivity contribution is -0.150. The smallest absolute Gasteiger partial charge is 0.270 e. The Morgan fingerprint density at radius 3 is 2.76 bits per heavy atom. The van der Waals surface area contributed by atoms with Crippen LogP contribution < -0.4 is 5.43 Å². The molecule has 3 fully saturated rings. The Morgan fingerprint density at radius 1 is 1.24 bits per heavy atom. The van der Waals surface area contributed by atoms with Gasteiger partial charge in [0.15, 0.2) is 0 Å². The van der Waals surface area contributed by atoms with E-state index in [0.29, 0.717) is 5.56 Å². The first-order chi connectivity index (χ1) is 12.0. The third kappa shape index (κ3) is 1.66. The van der Waals surface area contributed by atoms with E-state index < -0.39 is 11.3 Å². The number of hydrazine groups is 1. The summed E-state index contributed by atoms with van der Waals surface area (Å²) in [4.78, 5) is 38.6. The maximum absolute atomic E-state index is 13.2. The Morgan fingerprint density at radius 2 is 2.00 bits per heavy atom. The van der Waals surface area contributed by atoms with E-state index in [4.69, 9.17) is 0 Å². The highest BCUT2D eigenvalue weighted by molar-refractivity contribution is 9.10. The quantitative estimate of drug-likeness (QED) is 0.612. The van der Waals surface area contributed by atoms with Gasteiger partial charge < -0.3 is 0 Å². The molecule has 1 aliphatic heterocycles. The van der Waals surface area contributed by atoms with Crippen molar-refractivity contribution in [3.05, 3.63) is 46.5 Å². The number of benzene rings is 1. The summed E-state index contributed by atoms with van der Waals surface area (Å²) in [6.45, 7) is 0. The molecule has 1 aromatic carbocycles. The number of hydrogen-bond donors (Lipinski definition) is 1. The van der Waals surface area contributed by atoms with Crippen molar-refractivity contribution in [1.82, 2.24) is 10.4 Å². The molecular weight excluding hydrogens is 384 g/mol. The van der Waals surface area contributed by atoms with Crippen LogP contribution in [0, 0.1) is 22.7 Å². The van der Waals surface area contributed by atoms with Gasteiger partial charge in [-0.3, -0.25) is 19.8 Å². The zero-order chi connectivity index (χ0) is 17.4. The number of rotatable bonds is 2. The molecule has 25 heavy (non-hydrogen) atoms. The SMILES string of the molecule is O=C(NN1C(=O)[C@H]2C34CC=CC(CCC3)[C@@]24C1=O)c1ccc(Br)cc1. The number of imide groups is 1. The topological polar surface area (TPSA) is 66.5 Å². The lowest BCUT2D eigenvalue weighted by Gasteiger charge is -2.38. The van der Waals surface area contributed by atoms with E-state index in [2.05, 4.69) is 33.5 Å². The average molecular weight is 401 g/mol. The van der Waals surface area contributed by atoms with Crippen molar-refractivity contribution < 1.29 is 14.4 Å².